The first-order valence-corrected chi connectivity index (χ1v) is 8.84. The first-order chi connectivity index (χ1) is 12.7. The number of nitrogens with one attached hydrogen (secondary N) is 1. The fourth-order valence-corrected chi connectivity index (χ4v) is 2.99. The molecule has 0 bridgehead atoms. The van der Waals surface area contributed by atoms with E-state index in [0.29, 0.717) is 28.3 Å². The Morgan fingerprint density at radius 2 is 1.85 bits per heavy atom. The molecule has 0 aliphatic carbocycles. The lowest BCUT2D eigenvalue weighted by molar-refractivity contribution is -0.146. The standard InChI is InChI=1S/C21H25NO5/c1-12-7-6-8-17(11-12)26-10-9-18(24)27-16(5)21(25)20-13(2)19(15(4)23)14(3)22-20/h6-8,11,16,22H,9-10H2,1-5H3/t16-/m1/s1. The quantitative estimate of drug-likeness (QED) is 0.564. The van der Waals surface area contributed by atoms with Crippen LogP contribution in [-0.2, 0) is 9.53 Å². The van der Waals surface area contributed by atoms with Crippen molar-refractivity contribution in [3.8, 4) is 5.75 Å². The number of aromatic amines is 1. The second kappa shape index (κ2) is 8.66. The SMILES string of the molecule is CC(=O)c1c(C)[nH]c(C(=O)[C@@H](C)OC(=O)CCOc2cccc(C)c2)c1C. The van der Waals surface area contributed by atoms with Crippen LogP contribution in [-0.4, -0.2) is 35.2 Å². The van der Waals surface area contributed by atoms with Crippen LogP contribution in [0.4, 0.5) is 0 Å². The molecular formula is C21H25NO5. The highest BCUT2D eigenvalue weighted by molar-refractivity contribution is 6.05. The molecule has 0 saturated heterocycles. The fourth-order valence-electron chi connectivity index (χ4n) is 2.99. The summed E-state index contributed by atoms with van der Waals surface area (Å²) in [7, 11) is 0. The minimum Gasteiger partial charge on any atom is -0.493 e. The number of hydrogen-bond donors (Lipinski definition) is 1. The number of ketones is 2. The highest BCUT2D eigenvalue weighted by Crippen LogP contribution is 2.20. The highest BCUT2D eigenvalue weighted by Gasteiger charge is 2.25. The predicted octanol–water partition coefficient (Wildman–Crippen LogP) is 3.73. The second-order valence-corrected chi connectivity index (χ2v) is 6.59. The molecular weight excluding hydrogens is 346 g/mol. The van der Waals surface area contributed by atoms with Crippen molar-refractivity contribution in [1.29, 1.82) is 0 Å². The largest absolute Gasteiger partial charge is 0.493 e. The maximum Gasteiger partial charge on any atom is 0.309 e. The van der Waals surface area contributed by atoms with Gasteiger partial charge in [-0.05, 0) is 57.9 Å². The lowest BCUT2D eigenvalue weighted by atomic mass is 10.0. The molecule has 1 N–H and O–H groups in total. The van der Waals surface area contributed by atoms with E-state index in [4.69, 9.17) is 9.47 Å². The number of esters is 1. The molecule has 0 amide bonds. The van der Waals surface area contributed by atoms with Gasteiger partial charge in [0.15, 0.2) is 11.9 Å². The summed E-state index contributed by atoms with van der Waals surface area (Å²) in [6.07, 6.45) is -0.916. The van der Waals surface area contributed by atoms with E-state index in [2.05, 4.69) is 4.98 Å². The summed E-state index contributed by atoms with van der Waals surface area (Å²) in [5.41, 5.74) is 3.08. The highest BCUT2D eigenvalue weighted by atomic mass is 16.5. The van der Waals surface area contributed by atoms with Gasteiger partial charge in [-0.25, -0.2) is 0 Å². The van der Waals surface area contributed by atoms with Gasteiger partial charge in [0.05, 0.1) is 18.7 Å². The Labute approximate surface area is 158 Å². The summed E-state index contributed by atoms with van der Waals surface area (Å²) in [5, 5.41) is 0. The van der Waals surface area contributed by atoms with Crippen LogP contribution in [0.15, 0.2) is 24.3 Å². The number of H-pyrrole nitrogens is 1. The van der Waals surface area contributed by atoms with E-state index >= 15 is 0 Å². The van der Waals surface area contributed by atoms with Crippen molar-refractivity contribution >= 4 is 17.5 Å². The maximum absolute atomic E-state index is 12.6. The number of aryl methyl sites for hydroxylation is 2. The Hall–Kier alpha value is -2.89. The topological polar surface area (TPSA) is 85.5 Å². The third-order valence-corrected chi connectivity index (χ3v) is 4.28. The number of Topliss-reactive ketones (excluding diaryl/α,β-unsaturated/α-hetero) is 2. The van der Waals surface area contributed by atoms with Gasteiger partial charge in [-0.3, -0.25) is 14.4 Å². The van der Waals surface area contributed by atoms with Crippen LogP contribution in [0.5, 0.6) is 5.75 Å². The first-order valence-electron chi connectivity index (χ1n) is 8.84. The van der Waals surface area contributed by atoms with Crippen molar-refractivity contribution in [3.63, 3.8) is 0 Å². The maximum atomic E-state index is 12.6. The van der Waals surface area contributed by atoms with E-state index in [-0.39, 0.29) is 24.6 Å². The molecule has 0 aliphatic heterocycles. The number of rotatable bonds is 8. The molecule has 1 aromatic carbocycles. The van der Waals surface area contributed by atoms with E-state index in [0.717, 1.165) is 5.56 Å². The van der Waals surface area contributed by atoms with E-state index in [1.54, 1.807) is 13.8 Å². The van der Waals surface area contributed by atoms with E-state index in [1.165, 1.54) is 13.8 Å². The van der Waals surface area contributed by atoms with Crippen LogP contribution in [0.1, 0.15) is 57.9 Å². The van der Waals surface area contributed by atoms with E-state index in [9.17, 15) is 14.4 Å². The summed E-state index contributed by atoms with van der Waals surface area (Å²) >= 11 is 0. The Balaban J connectivity index is 1.91. The van der Waals surface area contributed by atoms with Crippen molar-refractivity contribution < 1.29 is 23.9 Å². The van der Waals surface area contributed by atoms with Gasteiger partial charge in [-0.15, -0.1) is 0 Å². The van der Waals surface area contributed by atoms with Crippen LogP contribution in [0.2, 0.25) is 0 Å². The minimum absolute atomic E-state index is 0.0347. The van der Waals surface area contributed by atoms with Crippen molar-refractivity contribution in [3.05, 3.63) is 52.3 Å². The third kappa shape index (κ3) is 5.06. The first kappa shape index (κ1) is 20.4. The zero-order chi connectivity index (χ0) is 20.1. The summed E-state index contributed by atoms with van der Waals surface area (Å²) in [4.78, 5) is 39.2. The number of carbonyl (C=O) groups is 3. The average molecular weight is 371 g/mol. The normalized spacial score (nSPS) is 11.7. The molecule has 0 saturated carbocycles. The molecule has 2 rings (SSSR count). The molecule has 0 aliphatic rings. The average Bonchev–Trinajstić information content (AvgIpc) is 2.88. The molecule has 27 heavy (non-hydrogen) atoms. The molecule has 0 spiro atoms. The van der Waals surface area contributed by atoms with E-state index < -0.39 is 12.1 Å². The molecule has 1 heterocycles. The van der Waals surface area contributed by atoms with Gasteiger partial charge in [0, 0.05) is 11.3 Å². The van der Waals surface area contributed by atoms with Gasteiger partial charge in [-0.2, -0.15) is 0 Å². The molecule has 0 radical (unpaired) electrons. The van der Waals surface area contributed by atoms with Crippen molar-refractivity contribution in [2.24, 2.45) is 0 Å². The molecule has 1 aromatic heterocycles. The molecule has 144 valence electrons. The Morgan fingerprint density at radius 1 is 1.15 bits per heavy atom. The van der Waals surface area contributed by atoms with Gasteiger partial charge < -0.3 is 14.5 Å². The predicted molar refractivity (Wildman–Crippen MR) is 101 cm³/mol. The number of ether oxygens (including phenoxy) is 2. The zero-order valence-corrected chi connectivity index (χ0v) is 16.3. The smallest absolute Gasteiger partial charge is 0.309 e. The van der Waals surface area contributed by atoms with Crippen LogP contribution in [0, 0.1) is 20.8 Å². The van der Waals surface area contributed by atoms with Gasteiger partial charge in [0.25, 0.3) is 0 Å². The Kier molecular flexibility index (Phi) is 6.55. The number of carbonyl (C=O) groups excluding carboxylic acids is 3. The molecule has 1 atom stereocenters. The number of aromatic nitrogens is 1. The lowest BCUT2D eigenvalue weighted by Gasteiger charge is -2.13. The molecule has 0 unspecified atom stereocenters. The van der Waals surface area contributed by atoms with E-state index in [1.807, 2.05) is 31.2 Å². The fraction of sp³-hybridized carbons (Fsp3) is 0.381. The number of hydrogen-bond acceptors (Lipinski definition) is 5. The summed E-state index contributed by atoms with van der Waals surface area (Å²) in [6, 6.07) is 7.52. The summed E-state index contributed by atoms with van der Waals surface area (Å²) in [5.74, 6) is -0.313. The Morgan fingerprint density at radius 3 is 2.44 bits per heavy atom. The van der Waals surface area contributed by atoms with Crippen LogP contribution >= 0.6 is 0 Å². The molecule has 6 heteroatoms. The minimum atomic E-state index is -0.951. The van der Waals surface area contributed by atoms with Gasteiger partial charge in [-0.1, -0.05) is 12.1 Å². The molecule has 6 nitrogen and oxygen atoms in total. The monoisotopic (exact) mass is 371 g/mol. The van der Waals surface area contributed by atoms with Crippen LogP contribution in [0.3, 0.4) is 0 Å². The molecule has 0 fully saturated rings. The molecule has 2 aromatic rings. The van der Waals surface area contributed by atoms with Crippen molar-refractivity contribution in [1.82, 2.24) is 4.98 Å². The summed E-state index contributed by atoms with van der Waals surface area (Å²) in [6.45, 7) is 8.53. The van der Waals surface area contributed by atoms with Crippen LogP contribution < -0.4 is 4.74 Å². The van der Waals surface area contributed by atoms with Gasteiger partial charge in [0.1, 0.15) is 5.75 Å². The van der Waals surface area contributed by atoms with Crippen molar-refractivity contribution in [2.45, 2.75) is 47.1 Å². The Bertz CT molecular complexity index is 865. The summed E-state index contributed by atoms with van der Waals surface area (Å²) < 4.78 is 10.7. The van der Waals surface area contributed by atoms with Crippen LogP contribution in [0.25, 0.3) is 0 Å². The van der Waals surface area contributed by atoms with Crippen molar-refractivity contribution in [2.75, 3.05) is 6.61 Å². The van der Waals surface area contributed by atoms with Gasteiger partial charge >= 0.3 is 5.97 Å². The number of benzene rings is 1. The third-order valence-electron chi connectivity index (χ3n) is 4.28. The second-order valence-electron chi connectivity index (χ2n) is 6.59. The lowest BCUT2D eigenvalue weighted by Crippen LogP contribution is -2.26. The van der Waals surface area contributed by atoms with Gasteiger partial charge in [0.2, 0.25) is 5.78 Å². The zero-order valence-electron chi connectivity index (χ0n) is 16.3.